The summed E-state index contributed by atoms with van der Waals surface area (Å²) < 4.78 is 80.4. The molecule has 13 heteroatoms. The molecule has 3 aromatic carbocycles. The maximum absolute atomic E-state index is 14.3. The van der Waals surface area contributed by atoms with E-state index in [0.29, 0.717) is 44.4 Å². The SMILES string of the molecule is COC(=O)C1OCN(Cc2ccccc2)C12CC1CCC(C2)C1S(=O)(=O)c1cc(C(=O)Nc2cc(F)c(F)c(F)c2)ccc1Cl. The molecule has 3 aromatic rings. The van der Waals surface area contributed by atoms with E-state index in [1.807, 2.05) is 30.3 Å². The molecule has 6 rings (SSSR count). The van der Waals surface area contributed by atoms with Gasteiger partial charge in [0.2, 0.25) is 0 Å². The number of sulfone groups is 1. The molecule has 2 bridgehead atoms. The van der Waals surface area contributed by atoms with Crippen LogP contribution in [0.5, 0.6) is 0 Å². The molecule has 1 spiro atoms. The van der Waals surface area contributed by atoms with Gasteiger partial charge < -0.3 is 14.8 Å². The van der Waals surface area contributed by atoms with Gasteiger partial charge in [-0.05, 0) is 61.3 Å². The van der Waals surface area contributed by atoms with Gasteiger partial charge in [0.05, 0.1) is 27.8 Å². The van der Waals surface area contributed by atoms with Gasteiger partial charge in [-0.3, -0.25) is 9.69 Å². The van der Waals surface area contributed by atoms with Crippen LogP contribution in [0.1, 0.15) is 41.6 Å². The smallest absolute Gasteiger partial charge is 0.337 e. The summed E-state index contributed by atoms with van der Waals surface area (Å²) in [5.74, 6) is -6.69. The van der Waals surface area contributed by atoms with Crippen molar-refractivity contribution >= 4 is 39.0 Å². The molecule has 1 amide bonds. The number of ether oxygens (including phenoxy) is 2. The fourth-order valence-corrected chi connectivity index (χ4v) is 10.2. The Hall–Kier alpha value is -3.45. The first-order valence-electron chi connectivity index (χ1n) is 14.4. The van der Waals surface area contributed by atoms with Crippen molar-refractivity contribution in [2.24, 2.45) is 11.8 Å². The van der Waals surface area contributed by atoms with E-state index in [1.165, 1.54) is 19.2 Å². The second-order valence-corrected chi connectivity index (χ2v) is 14.3. The third kappa shape index (κ3) is 5.62. The number of amides is 1. The van der Waals surface area contributed by atoms with Crippen LogP contribution in [-0.2, 0) is 30.7 Å². The van der Waals surface area contributed by atoms with Crippen LogP contribution >= 0.6 is 11.6 Å². The van der Waals surface area contributed by atoms with Crippen molar-refractivity contribution in [3.63, 3.8) is 0 Å². The average Bonchev–Trinajstić information content (AvgIpc) is 3.49. The average molecular weight is 663 g/mol. The highest BCUT2D eigenvalue weighted by Gasteiger charge is 2.63. The molecule has 0 aromatic heterocycles. The zero-order valence-electron chi connectivity index (χ0n) is 24.1. The molecule has 238 valence electrons. The lowest BCUT2D eigenvalue weighted by Crippen LogP contribution is -2.59. The maximum Gasteiger partial charge on any atom is 0.337 e. The zero-order valence-corrected chi connectivity index (χ0v) is 25.7. The Bertz CT molecular complexity index is 1720. The van der Waals surface area contributed by atoms with E-state index in [4.69, 9.17) is 21.1 Å². The summed E-state index contributed by atoms with van der Waals surface area (Å²) in [4.78, 5) is 27.8. The number of hydrogen-bond donors (Lipinski definition) is 1. The number of rotatable bonds is 7. The molecule has 3 unspecified atom stereocenters. The van der Waals surface area contributed by atoms with Crippen molar-refractivity contribution < 1.29 is 40.7 Å². The number of nitrogens with zero attached hydrogens (tertiary/aromatic N) is 1. The second kappa shape index (κ2) is 12.1. The molecule has 45 heavy (non-hydrogen) atoms. The number of hydrogen-bond acceptors (Lipinski definition) is 7. The Morgan fingerprint density at radius 3 is 2.29 bits per heavy atom. The molecule has 1 heterocycles. The number of halogens is 4. The summed E-state index contributed by atoms with van der Waals surface area (Å²) >= 11 is 6.42. The van der Waals surface area contributed by atoms with Crippen LogP contribution in [0, 0.1) is 29.3 Å². The largest absolute Gasteiger partial charge is 0.467 e. The molecule has 1 saturated heterocycles. The van der Waals surface area contributed by atoms with Crippen molar-refractivity contribution in [2.75, 3.05) is 19.2 Å². The lowest BCUT2D eigenvalue weighted by molar-refractivity contribution is -0.155. The first-order valence-corrected chi connectivity index (χ1v) is 16.3. The van der Waals surface area contributed by atoms with Crippen LogP contribution in [-0.4, -0.2) is 55.9 Å². The molecule has 3 aliphatic rings. The van der Waals surface area contributed by atoms with Crippen molar-refractivity contribution in [3.8, 4) is 0 Å². The minimum atomic E-state index is -4.10. The standard InChI is InChI=1S/C32H30ClF3N2O6S/c1-43-31(40)29-32(38(17-44-29)16-18-5-3-2-4-6-18)14-20-7-8-21(15-32)28(20)45(41,42)26-11-19(9-10-23(26)33)30(39)37-22-12-24(34)27(36)25(35)13-22/h2-6,9-13,20-21,28-29H,7-8,14-17H2,1H3,(H,37,39). The van der Waals surface area contributed by atoms with E-state index < -0.39 is 56.1 Å². The van der Waals surface area contributed by atoms with Crippen LogP contribution in [0.15, 0.2) is 65.6 Å². The van der Waals surface area contributed by atoms with E-state index in [0.717, 1.165) is 11.6 Å². The Balaban J connectivity index is 1.29. The molecule has 1 N–H and O–H groups in total. The van der Waals surface area contributed by atoms with Gasteiger partial charge in [0, 0.05) is 29.9 Å². The molecule has 0 radical (unpaired) electrons. The summed E-state index contributed by atoms with van der Waals surface area (Å²) in [5, 5.41) is 1.37. The lowest BCUT2D eigenvalue weighted by atomic mass is 9.71. The van der Waals surface area contributed by atoms with Gasteiger partial charge in [0.15, 0.2) is 33.4 Å². The highest BCUT2D eigenvalue weighted by Crippen LogP contribution is 2.56. The molecule has 1 aliphatic heterocycles. The minimum absolute atomic E-state index is 0.0764. The van der Waals surface area contributed by atoms with Crippen molar-refractivity contribution in [1.29, 1.82) is 0 Å². The van der Waals surface area contributed by atoms with Gasteiger partial charge in [0.1, 0.15) is 6.73 Å². The fraction of sp³-hybridized carbons (Fsp3) is 0.375. The lowest BCUT2D eigenvalue weighted by Gasteiger charge is -2.47. The van der Waals surface area contributed by atoms with Gasteiger partial charge >= 0.3 is 5.97 Å². The van der Waals surface area contributed by atoms with Crippen LogP contribution in [0.2, 0.25) is 5.02 Å². The molecule has 2 saturated carbocycles. The van der Waals surface area contributed by atoms with E-state index in [9.17, 15) is 31.2 Å². The summed E-state index contributed by atoms with van der Waals surface area (Å²) in [6.07, 6.45) is 1.10. The van der Waals surface area contributed by atoms with Gasteiger partial charge in [-0.25, -0.2) is 26.4 Å². The quantitative estimate of drug-likeness (QED) is 0.254. The number of carbonyl (C=O) groups excluding carboxylic acids is 2. The first kappa shape index (κ1) is 31.5. The van der Waals surface area contributed by atoms with Crippen LogP contribution in [0.4, 0.5) is 18.9 Å². The maximum atomic E-state index is 14.3. The fourth-order valence-electron chi connectivity index (χ4n) is 7.40. The van der Waals surface area contributed by atoms with E-state index in [-0.39, 0.29) is 39.7 Å². The highest BCUT2D eigenvalue weighted by molar-refractivity contribution is 7.92. The van der Waals surface area contributed by atoms with Crippen LogP contribution < -0.4 is 5.32 Å². The van der Waals surface area contributed by atoms with Crippen molar-refractivity contribution in [2.45, 2.75) is 54.0 Å². The van der Waals surface area contributed by atoms with E-state index in [2.05, 4.69) is 10.2 Å². The molecule has 3 fully saturated rings. The summed E-state index contributed by atoms with van der Waals surface area (Å²) in [6, 6.07) is 14.7. The Morgan fingerprint density at radius 2 is 1.67 bits per heavy atom. The van der Waals surface area contributed by atoms with Crippen molar-refractivity contribution in [3.05, 3.63) is 94.3 Å². The Morgan fingerprint density at radius 1 is 1.02 bits per heavy atom. The summed E-state index contributed by atoms with van der Waals surface area (Å²) in [6.45, 7) is 0.701. The third-order valence-electron chi connectivity index (χ3n) is 9.32. The van der Waals surface area contributed by atoms with Crippen LogP contribution in [0.3, 0.4) is 0 Å². The molecular weight excluding hydrogens is 633 g/mol. The predicted molar refractivity (Wildman–Crippen MR) is 159 cm³/mol. The third-order valence-corrected chi connectivity index (χ3v) is 12.2. The van der Waals surface area contributed by atoms with E-state index >= 15 is 0 Å². The number of benzene rings is 3. The number of fused-ring (bicyclic) bond motifs is 2. The van der Waals surface area contributed by atoms with E-state index in [1.54, 1.807) is 0 Å². The van der Waals surface area contributed by atoms with Gasteiger partial charge in [0.25, 0.3) is 5.91 Å². The monoisotopic (exact) mass is 662 g/mol. The van der Waals surface area contributed by atoms with Gasteiger partial charge in [-0.2, -0.15) is 0 Å². The summed E-state index contributed by atoms with van der Waals surface area (Å²) in [7, 11) is -2.80. The van der Waals surface area contributed by atoms with Gasteiger partial charge in [-0.15, -0.1) is 0 Å². The molecule has 3 atom stereocenters. The Kier molecular flexibility index (Phi) is 8.44. The number of nitrogens with one attached hydrogen (secondary N) is 1. The molecule has 8 nitrogen and oxygen atoms in total. The van der Waals surface area contributed by atoms with Crippen molar-refractivity contribution in [1.82, 2.24) is 4.90 Å². The first-order chi connectivity index (χ1) is 21.4. The normalized spacial score (nSPS) is 26.2. The summed E-state index contributed by atoms with van der Waals surface area (Å²) in [5.41, 5.74) is -0.204. The van der Waals surface area contributed by atoms with Gasteiger partial charge in [-0.1, -0.05) is 41.9 Å². The topological polar surface area (TPSA) is 102 Å². The number of methoxy groups -OCH3 is 1. The Labute approximate surface area is 263 Å². The zero-order chi connectivity index (χ0) is 32.1. The number of esters is 1. The number of anilines is 1. The highest BCUT2D eigenvalue weighted by atomic mass is 35.5. The molecular formula is C32H30ClF3N2O6S. The second-order valence-electron chi connectivity index (χ2n) is 11.9. The molecule has 2 aliphatic carbocycles. The van der Waals surface area contributed by atoms with Crippen LogP contribution in [0.25, 0.3) is 0 Å². The minimum Gasteiger partial charge on any atom is -0.467 e. The number of carbonyl (C=O) groups is 2. The predicted octanol–water partition coefficient (Wildman–Crippen LogP) is 5.74.